The number of carbonyl (C=O) groups excluding carboxylic acids is 1. The number of morpholine rings is 1. The lowest BCUT2D eigenvalue weighted by Crippen LogP contribution is -2.49. The number of amides is 1. The van der Waals surface area contributed by atoms with Gasteiger partial charge in [0, 0.05) is 30.9 Å². The van der Waals surface area contributed by atoms with E-state index >= 15 is 0 Å². The number of ether oxygens (including phenoxy) is 2. The Morgan fingerprint density at radius 3 is 2.72 bits per heavy atom. The van der Waals surface area contributed by atoms with Gasteiger partial charge in [-0.2, -0.15) is 4.52 Å². The van der Waals surface area contributed by atoms with E-state index in [1.807, 2.05) is 24.1 Å². The third-order valence-electron chi connectivity index (χ3n) is 5.92. The summed E-state index contributed by atoms with van der Waals surface area (Å²) < 4.78 is 18.3. The van der Waals surface area contributed by atoms with Crippen LogP contribution >= 0.6 is 0 Å². The van der Waals surface area contributed by atoms with E-state index in [1.165, 1.54) is 0 Å². The van der Waals surface area contributed by atoms with Crippen LogP contribution in [0.2, 0.25) is 0 Å². The molecule has 3 aromatic rings. The monoisotopic (exact) mass is 494 g/mol. The molecule has 5 heterocycles. The summed E-state index contributed by atoms with van der Waals surface area (Å²) in [6, 6.07) is 3.59. The number of dihydropyridines is 1. The summed E-state index contributed by atoms with van der Waals surface area (Å²) >= 11 is 0. The molecule has 1 atom stereocenters. The van der Waals surface area contributed by atoms with Crippen molar-refractivity contribution in [1.82, 2.24) is 40.7 Å². The number of hydrogen-bond donors (Lipinski definition) is 2. The third-order valence-corrected chi connectivity index (χ3v) is 5.92. The number of hydrogen-bond acceptors (Lipinski definition) is 10. The van der Waals surface area contributed by atoms with Crippen molar-refractivity contribution < 1.29 is 18.8 Å². The number of carbonyl (C=O) groups is 1. The summed E-state index contributed by atoms with van der Waals surface area (Å²) in [5, 5.41) is 22.4. The van der Waals surface area contributed by atoms with Crippen molar-refractivity contribution in [1.29, 1.82) is 0 Å². The maximum Gasteiger partial charge on any atom is 0.267 e. The molecule has 0 spiro atoms. The lowest BCUT2D eigenvalue weighted by molar-refractivity contribution is -0.123. The molecule has 2 aliphatic rings. The Morgan fingerprint density at radius 1 is 1.25 bits per heavy atom. The normalized spacial score (nSPS) is 18.7. The van der Waals surface area contributed by atoms with Crippen LogP contribution in [0.15, 0.2) is 40.6 Å². The molecule has 0 aromatic carbocycles. The van der Waals surface area contributed by atoms with Gasteiger partial charge in [-0.05, 0) is 24.5 Å². The number of nitrogens with one attached hydrogen (secondary N) is 2. The summed E-state index contributed by atoms with van der Waals surface area (Å²) in [7, 11) is 0. The van der Waals surface area contributed by atoms with Gasteiger partial charge in [0.25, 0.3) is 5.91 Å². The minimum atomic E-state index is -0.235. The summed E-state index contributed by atoms with van der Waals surface area (Å²) in [6.45, 7) is 11.0. The van der Waals surface area contributed by atoms with Crippen molar-refractivity contribution in [3.05, 3.63) is 47.4 Å². The van der Waals surface area contributed by atoms with Crippen LogP contribution in [0, 0.1) is 6.92 Å². The first-order valence-electron chi connectivity index (χ1n) is 11.9. The summed E-state index contributed by atoms with van der Waals surface area (Å²) in [5.74, 6) is 1.46. The molecular weight excluding hydrogens is 464 g/mol. The van der Waals surface area contributed by atoms with E-state index in [9.17, 15) is 4.79 Å². The summed E-state index contributed by atoms with van der Waals surface area (Å²) in [5.41, 5.74) is 5.27. The van der Waals surface area contributed by atoms with Crippen molar-refractivity contribution in [3.8, 4) is 17.4 Å². The maximum atomic E-state index is 12.5. The maximum absolute atomic E-state index is 12.5. The molecule has 1 unspecified atom stereocenters. The number of aryl methyl sites for hydroxylation is 1. The molecule has 1 fully saturated rings. The average Bonchev–Trinajstić information content (AvgIpc) is 3.48. The van der Waals surface area contributed by atoms with Crippen LogP contribution in [0.4, 0.5) is 0 Å². The minimum absolute atomic E-state index is 0.131. The van der Waals surface area contributed by atoms with Gasteiger partial charge in [-0.25, -0.2) is 5.01 Å². The first kappa shape index (κ1) is 23.9. The molecule has 2 aliphatic heterocycles. The van der Waals surface area contributed by atoms with Gasteiger partial charge in [-0.3, -0.25) is 10.2 Å². The van der Waals surface area contributed by atoms with Gasteiger partial charge in [-0.1, -0.05) is 32.0 Å². The average molecular weight is 495 g/mol. The molecule has 2 N–H and O–H groups in total. The smallest absolute Gasteiger partial charge is 0.267 e. The van der Waals surface area contributed by atoms with Crippen molar-refractivity contribution in [2.75, 3.05) is 32.9 Å². The summed E-state index contributed by atoms with van der Waals surface area (Å²) in [6.07, 6.45) is 5.41. The van der Waals surface area contributed by atoms with Crippen LogP contribution in [-0.2, 0) is 14.9 Å². The molecule has 3 aromatic heterocycles. The highest BCUT2D eigenvalue weighted by molar-refractivity contribution is 5.96. The molecule has 36 heavy (non-hydrogen) atoms. The zero-order valence-corrected chi connectivity index (χ0v) is 20.8. The second-order valence-corrected chi connectivity index (χ2v) is 9.81. The van der Waals surface area contributed by atoms with Gasteiger partial charge in [0.2, 0.25) is 11.7 Å². The molecule has 0 radical (unpaired) electrons. The van der Waals surface area contributed by atoms with Crippen LogP contribution < -0.4 is 15.5 Å². The minimum Gasteiger partial charge on any atom is -0.474 e. The van der Waals surface area contributed by atoms with E-state index in [1.54, 1.807) is 22.9 Å². The number of fused-ring (bicyclic) bond motifs is 1. The van der Waals surface area contributed by atoms with Crippen LogP contribution in [0.5, 0.6) is 5.88 Å². The molecule has 12 heteroatoms. The van der Waals surface area contributed by atoms with E-state index < -0.39 is 0 Å². The van der Waals surface area contributed by atoms with Crippen LogP contribution in [0.3, 0.4) is 0 Å². The first-order chi connectivity index (χ1) is 17.3. The Hall–Kier alpha value is -3.77. The molecule has 5 rings (SSSR count). The van der Waals surface area contributed by atoms with Crippen LogP contribution in [-0.4, -0.2) is 74.8 Å². The Kier molecular flexibility index (Phi) is 6.46. The topological polar surface area (TPSA) is 132 Å². The van der Waals surface area contributed by atoms with Crippen molar-refractivity contribution in [3.63, 3.8) is 0 Å². The fourth-order valence-electron chi connectivity index (χ4n) is 3.91. The van der Waals surface area contributed by atoms with Crippen molar-refractivity contribution in [2.24, 2.45) is 0 Å². The van der Waals surface area contributed by atoms with E-state index in [4.69, 9.17) is 19.1 Å². The lowest BCUT2D eigenvalue weighted by Gasteiger charge is -2.27. The standard InChI is InChI=1S/C24H30N8O4/c1-15-11-19(30-36-15)21-27-26-20-12-18(24(2,3)4)23(29-32(20)21)35-14-17-6-5-16(13-25-17)22(33)28-31-7-9-34-10-8-31/h5-6,11-13,17,25H,7-10,14H2,1-4H3,(H,28,33). The van der Waals surface area contributed by atoms with Crippen LogP contribution in [0.25, 0.3) is 17.2 Å². The van der Waals surface area contributed by atoms with Gasteiger partial charge in [0.05, 0.1) is 24.8 Å². The second kappa shape index (κ2) is 9.70. The largest absolute Gasteiger partial charge is 0.474 e. The Balaban J connectivity index is 1.29. The molecule has 190 valence electrons. The fourth-order valence-corrected chi connectivity index (χ4v) is 3.91. The fraction of sp³-hybridized carbons (Fsp3) is 0.458. The Morgan fingerprint density at radius 2 is 2.06 bits per heavy atom. The molecule has 0 aliphatic carbocycles. The third kappa shape index (κ3) is 5.09. The van der Waals surface area contributed by atoms with E-state index in [0.717, 1.165) is 5.56 Å². The first-order valence-corrected chi connectivity index (χ1v) is 11.9. The van der Waals surface area contributed by atoms with Gasteiger partial charge in [0.15, 0.2) is 11.3 Å². The van der Waals surface area contributed by atoms with E-state index in [-0.39, 0.29) is 17.4 Å². The van der Waals surface area contributed by atoms with Crippen LogP contribution in [0.1, 0.15) is 32.1 Å². The molecule has 1 amide bonds. The predicted molar refractivity (Wildman–Crippen MR) is 130 cm³/mol. The number of rotatable bonds is 6. The quantitative estimate of drug-likeness (QED) is 0.520. The van der Waals surface area contributed by atoms with Gasteiger partial charge in [-0.15, -0.1) is 15.3 Å². The highest BCUT2D eigenvalue weighted by Crippen LogP contribution is 2.31. The summed E-state index contributed by atoms with van der Waals surface area (Å²) in [4.78, 5) is 12.5. The lowest BCUT2D eigenvalue weighted by atomic mass is 9.88. The molecule has 12 nitrogen and oxygen atoms in total. The zero-order valence-electron chi connectivity index (χ0n) is 20.8. The molecular formula is C24H30N8O4. The molecule has 0 saturated carbocycles. The molecule has 0 bridgehead atoms. The Labute approximate surface area is 208 Å². The van der Waals surface area contributed by atoms with Gasteiger partial charge >= 0.3 is 0 Å². The molecule has 1 saturated heterocycles. The number of aromatic nitrogens is 5. The highest BCUT2D eigenvalue weighted by atomic mass is 16.5. The Bertz CT molecular complexity index is 1310. The van der Waals surface area contributed by atoms with Crippen molar-refractivity contribution in [2.45, 2.75) is 39.2 Å². The SMILES string of the molecule is Cc1cc(-c2nnc3cc(C(C)(C)C)c(OCC4C=CC(C(=O)NN5CCOCC5)=CN4)nn23)no1. The number of nitrogens with zero attached hydrogens (tertiary/aromatic N) is 6. The van der Waals surface area contributed by atoms with Crippen molar-refractivity contribution >= 4 is 11.6 Å². The van der Waals surface area contributed by atoms with Gasteiger partial charge < -0.3 is 19.3 Å². The predicted octanol–water partition coefficient (Wildman–Crippen LogP) is 1.54. The van der Waals surface area contributed by atoms with E-state index in [0.29, 0.717) is 67.3 Å². The second-order valence-electron chi connectivity index (χ2n) is 9.81. The van der Waals surface area contributed by atoms with Gasteiger partial charge in [0.1, 0.15) is 12.4 Å². The zero-order chi connectivity index (χ0) is 25.3. The highest BCUT2D eigenvalue weighted by Gasteiger charge is 2.25. The number of hydrazine groups is 1. The van der Waals surface area contributed by atoms with E-state index in [2.05, 4.69) is 46.9 Å².